The first-order chi connectivity index (χ1) is 10.3. The Kier molecular flexibility index (Phi) is 4.05. The summed E-state index contributed by atoms with van der Waals surface area (Å²) in [4.78, 5) is 5.56. The minimum atomic E-state index is 0.646. The molecule has 0 aliphatic heterocycles. The highest BCUT2D eigenvalue weighted by molar-refractivity contribution is 7.14. The van der Waals surface area contributed by atoms with Gasteiger partial charge in [-0.05, 0) is 23.6 Å². The number of rotatable bonds is 4. The zero-order chi connectivity index (χ0) is 14.5. The van der Waals surface area contributed by atoms with Gasteiger partial charge in [0.05, 0.1) is 23.5 Å². The molecule has 2 aromatic heterocycles. The number of aromatic nitrogens is 1. The van der Waals surface area contributed by atoms with Crippen LogP contribution in [-0.4, -0.2) is 11.2 Å². The highest BCUT2D eigenvalue weighted by atomic mass is 32.1. The number of nitrogens with zero attached hydrogens (tertiary/aromatic N) is 3. The SMILES string of the molecule is N#Cc1ccc(-c2csc(N/N=C/c3cccs3)n2)cc1. The van der Waals surface area contributed by atoms with E-state index >= 15 is 0 Å². The summed E-state index contributed by atoms with van der Waals surface area (Å²) in [5, 5.41) is 17.7. The van der Waals surface area contributed by atoms with Crippen LogP contribution >= 0.6 is 22.7 Å². The van der Waals surface area contributed by atoms with E-state index in [1.54, 1.807) is 29.7 Å². The number of nitriles is 1. The van der Waals surface area contributed by atoms with E-state index in [4.69, 9.17) is 5.26 Å². The van der Waals surface area contributed by atoms with E-state index in [9.17, 15) is 0 Å². The molecule has 3 aromatic rings. The highest BCUT2D eigenvalue weighted by Crippen LogP contribution is 2.25. The van der Waals surface area contributed by atoms with Crippen LogP contribution in [0.3, 0.4) is 0 Å². The molecule has 2 heterocycles. The van der Waals surface area contributed by atoms with Crippen LogP contribution in [0.25, 0.3) is 11.3 Å². The third kappa shape index (κ3) is 3.34. The van der Waals surface area contributed by atoms with Crippen LogP contribution in [0.1, 0.15) is 10.4 Å². The Hall–Kier alpha value is -2.49. The molecule has 0 radical (unpaired) electrons. The number of thiophene rings is 1. The molecule has 0 unspecified atom stereocenters. The number of hydrogen-bond acceptors (Lipinski definition) is 6. The molecule has 0 fully saturated rings. The normalized spacial score (nSPS) is 10.6. The Bertz CT molecular complexity index is 780. The molecule has 0 aliphatic rings. The smallest absolute Gasteiger partial charge is 0.203 e. The largest absolute Gasteiger partial charge is 0.253 e. The molecule has 3 rings (SSSR count). The van der Waals surface area contributed by atoms with Gasteiger partial charge in [0.2, 0.25) is 5.13 Å². The fourth-order valence-electron chi connectivity index (χ4n) is 1.69. The molecule has 0 aliphatic carbocycles. The zero-order valence-corrected chi connectivity index (χ0v) is 12.5. The fraction of sp³-hybridized carbons (Fsp3) is 0. The van der Waals surface area contributed by atoms with Gasteiger partial charge in [-0.1, -0.05) is 18.2 Å². The van der Waals surface area contributed by atoms with Gasteiger partial charge in [-0.15, -0.1) is 22.7 Å². The van der Waals surface area contributed by atoms with Gasteiger partial charge < -0.3 is 0 Å². The average molecular weight is 310 g/mol. The van der Waals surface area contributed by atoms with Crippen LogP contribution < -0.4 is 5.43 Å². The summed E-state index contributed by atoms with van der Waals surface area (Å²) in [5.41, 5.74) is 5.43. The van der Waals surface area contributed by atoms with Crippen molar-refractivity contribution in [3.8, 4) is 17.3 Å². The van der Waals surface area contributed by atoms with Crippen molar-refractivity contribution in [3.63, 3.8) is 0 Å². The fourth-order valence-corrected chi connectivity index (χ4v) is 2.94. The first-order valence-corrected chi connectivity index (χ1v) is 7.90. The van der Waals surface area contributed by atoms with Crippen molar-refractivity contribution in [2.45, 2.75) is 0 Å². The van der Waals surface area contributed by atoms with Gasteiger partial charge in [-0.25, -0.2) is 4.98 Å². The third-order valence-electron chi connectivity index (χ3n) is 2.71. The number of hydrazone groups is 1. The Morgan fingerprint density at radius 2 is 2.05 bits per heavy atom. The van der Waals surface area contributed by atoms with E-state index in [1.807, 2.05) is 35.0 Å². The van der Waals surface area contributed by atoms with Crippen molar-refractivity contribution < 1.29 is 0 Å². The molecule has 6 heteroatoms. The second-order valence-electron chi connectivity index (χ2n) is 4.11. The van der Waals surface area contributed by atoms with Gasteiger partial charge in [0.1, 0.15) is 0 Å². The summed E-state index contributed by atoms with van der Waals surface area (Å²) in [6.45, 7) is 0. The summed E-state index contributed by atoms with van der Waals surface area (Å²) >= 11 is 3.12. The molecule has 1 aromatic carbocycles. The van der Waals surface area contributed by atoms with Crippen LogP contribution in [0, 0.1) is 11.3 Å². The van der Waals surface area contributed by atoms with Gasteiger partial charge in [-0.2, -0.15) is 10.4 Å². The monoisotopic (exact) mass is 310 g/mol. The van der Waals surface area contributed by atoms with Gasteiger partial charge >= 0.3 is 0 Å². The van der Waals surface area contributed by atoms with Crippen LogP contribution in [0.15, 0.2) is 52.3 Å². The highest BCUT2D eigenvalue weighted by Gasteiger charge is 2.03. The van der Waals surface area contributed by atoms with Gasteiger partial charge in [-0.3, -0.25) is 5.43 Å². The number of benzene rings is 1. The predicted molar refractivity (Wildman–Crippen MR) is 87.8 cm³/mol. The quantitative estimate of drug-likeness (QED) is 0.580. The lowest BCUT2D eigenvalue weighted by molar-refractivity contribution is 1.29. The number of hydrogen-bond donors (Lipinski definition) is 1. The van der Waals surface area contributed by atoms with Crippen LogP contribution in [0.5, 0.6) is 0 Å². The Balaban J connectivity index is 1.69. The van der Waals surface area contributed by atoms with Crippen LogP contribution in [0.4, 0.5) is 5.13 Å². The summed E-state index contributed by atoms with van der Waals surface area (Å²) in [7, 11) is 0. The number of anilines is 1. The van der Waals surface area contributed by atoms with E-state index < -0.39 is 0 Å². The Morgan fingerprint density at radius 1 is 1.19 bits per heavy atom. The summed E-state index contributed by atoms with van der Waals surface area (Å²) < 4.78 is 0. The maximum Gasteiger partial charge on any atom is 0.203 e. The van der Waals surface area contributed by atoms with E-state index in [-0.39, 0.29) is 0 Å². The summed E-state index contributed by atoms with van der Waals surface area (Å²) in [6, 6.07) is 13.5. The van der Waals surface area contributed by atoms with E-state index in [0.717, 1.165) is 21.3 Å². The van der Waals surface area contributed by atoms with Crippen LogP contribution in [-0.2, 0) is 0 Å². The summed E-state index contributed by atoms with van der Waals surface area (Å²) in [6.07, 6.45) is 1.77. The average Bonchev–Trinajstić information content (AvgIpc) is 3.19. The molecule has 0 bridgehead atoms. The van der Waals surface area contributed by atoms with Crippen molar-refractivity contribution in [2.75, 3.05) is 5.43 Å². The lowest BCUT2D eigenvalue weighted by Gasteiger charge is -1.96. The maximum absolute atomic E-state index is 8.79. The molecular weight excluding hydrogens is 300 g/mol. The van der Waals surface area contributed by atoms with E-state index in [2.05, 4.69) is 21.6 Å². The van der Waals surface area contributed by atoms with Crippen LogP contribution in [0.2, 0.25) is 0 Å². The molecule has 0 saturated heterocycles. The van der Waals surface area contributed by atoms with Crippen molar-refractivity contribution >= 4 is 34.0 Å². The Morgan fingerprint density at radius 3 is 2.76 bits per heavy atom. The number of thiazole rings is 1. The molecule has 21 heavy (non-hydrogen) atoms. The minimum Gasteiger partial charge on any atom is -0.253 e. The second kappa shape index (κ2) is 6.31. The first-order valence-electron chi connectivity index (χ1n) is 6.14. The lowest BCUT2D eigenvalue weighted by atomic mass is 10.1. The van der Waals surface area contributed by atoms with Crippen molar-refractivity contribution in [3.05, 3.63) is 57.6 Å². The van der Waals surface area contributed by atoms with Gasteiger partial charge in [0.15, 0.2) is 0 Å². The molecule has 0 atom stereocenters. The predicted octanol–water partition coefficient (Wildman–Crippen LogP) is 4.19. The molecule has 4 nitrogen and oxygen atoms in total. The standard InChI is InChI=1S/C15H10N4S2/c16-8-11-3-5-12(6-4-11)14-10-21-15(18-14)19-17-9-13-2-1-7-20-13/h1-7,9-10H,(H,18,19)/b17-9+. The van der Waals surface area contributed by atoms with Crippen molar-refractivity contribution in [2.24, 2.45) is 5.10 Å². The molecule has 0 amide bonds. The minimum absolute atomic E-state index is 0.646. The summed E-state index contributed by atoms with van der Waals surface area (Å²) in [5.74, 6) is 0. The van der Waals surface area contributed by atoms with E-state index in [1.165, 1.54) is 11.3 Å². The van der Waals surface area contributed by atoms with Crippen molar-refractivity contribution in [1.82, 2.24) is 4.98 Å². The topological polar surface area (TPSA) is 61.1 Å². The lowest BCUT2D eigenvalue weighted by Crippen LogP contribution is -1.88. The molecule has 102 valence electrons. The molecule has 0 spiro atoms. The van der Waals surface area contributed by atoms with E-state index in [0.29, 0.717) is 5.56 Å². The molecule has 0 saturated carbocycles. The second-order valence-corrected chi connectivity index (χ2v) is 5.95. The van der Waals surface area contributed by atoms with Crippen molar-refractivity contribution in [1.29, 1.82) is 5.26 Å². The maximum atomic E-state index is 8.79. The Labute approximate surface area is 130 Å². The zero-order valence-electron chi connectivity index (χ0n) is 10.9. The van der Waals surface area contributed by atoms with Gasteiger partial charge in [0, 0.05) is 15.8 Å². The first kappa shape index (κ1) is 13.5. The molecular formula is C15H10N4S2. The number of nitrogens with one attached hydrogen (secondary N) is 1. The third-order valence-corrected chi connectivity index (χ3v) is 4.26. The molecule has 1 N–H and O–H groups in total. The van der Waals surface area contributed by atoms with Gasteiger partial charge in [0.25, 0.3) is 0 Å².